The maximum absolute atomic E-state index is 12.4. The number of aromatic nitrogens is 1. The average molecular weight is 352 g/mol. The third-order valence-electron chi connectivity index (χ3n) is 3.81. The fourth-order valence-electron chi connectivity index (χ4n) is 2.55. The van der Waals surface area contributed by atoms with Crippen LogP contribution in [0.15, 0.2) is 54.6 Å². The van der Waals surface area contributed by atoms with E-state index in [0.717, 1.165) is 22.7 Å². The molecule has 0 bridgehead atoms. The summed E-state index contributed by atoms with van der Waals surface area (Å²) < 4.78 is 11.1. The predicted molar refractivity (Wildman–Crippen MR) is 96.4 cm³/mol. The van der Waals surface area contributed by atoms with Gasteiger partial charge in [0.15, 0.2) is 5.13 Å². The number of benzene rings is 2. The van der Waals surface area contributed by atoms with Gasteiger partial charge >= 0.3 is 0 Å². The lowest BCUT2D eigenvalue weighted by molar-refractivity contribution is 0.102. The van der Waals surface area contributed by atoms with Crippen LogP contribution in [-0.2, 0) is 17.8 Å². The Hall–Kier alpha value is -2.70. The molecule has 0 atom stereocenters. The zero-order valence-electron chi connectivity index (χ0n) is 13.4. The van der Waals surface area contributed by atoms with Gasteiger partial charge in [0.05, 0.1) is 23.8 Å². The number of amides is 1. The summed E-state index contributed by atoms with van der Waals surface area (Å²) in [6, 6.07) is 16.6. The molecular weight excluding hydrogens is 336 g/mol. The lowest BCUT2D eigenvalue weighted by Crippen LogP contribution is -2.11. The van der Waals surface area contributed by atoms with Crippen LogP contribution in [0.25, 0.3) is 0 Å². The number of hydrogen-bond acceptors (Lipinski definition) is 5. The highest BCUT2D eigenvalue weighted by molar-refractivity contribution is 7.15. The van der Waals surface area contributed by atoms with Crippen molar-refractivity contribution in [3.05, 3.63) is 70.7 Å². The Labute approximate surface area is 149 Å². The van der Waals surface area contributed by atoms with Crippen molar-refractivity contribution in [1.29, 1.82) is 0 Å². The molecule has 0 saturated carbocycles. The van der Waals surface area contributed by atoms with Gasteiger partial charge in [-0.25, -0.2) is 4.98 Å². The van der Waals surface area contributed by atoms with Crippen LogP contribution in [-0.4, -0.2) is 17.5 Å². The highest BCUT2D eigenvalue weighted by atomic mass is 32.1. The lowest BCUT2D eigenvalue weighted by atomic mass is 10.2. The van der Waals surface area contributed by atoms with Crippen LogP contribution >= 0.6 is 11.3 Å². The van der Waals surface area contributed by atoms with Crippen molar-refractivity contribution in [3.63, 3.8) is 0 Å². The highest BCUT2D eigenvalue weighted by Crippen LogP contribution is 2.27. The van der Waals surface area contributed by atoms with Crippen molar-refractivity contribution in [2.75, 3.05) is 11.9 Å². The molecule has 5 nitrogen and oxygen atoms in total. The van der Waals surface area contributed by atoms with E-state index in [-0.39, 0.29) is 5.91 Å². The Kier molecular flexibility index (Phi) is 4.45. The van der Waals surface area contributed by atoms with Crippen LogP contribution in [0.2, 0.25) is 0 Å². The second-order valence-corrected chi connectivity index (χ2v) is 6.67. The van der Waals surface area contributed by atoms with Crippen molar-refractivity contribution in [3.8, 4) is 11.5 Å². The molecule has 126 valence electrons. The third kappa shape index (κ3) is 3.70. The van der Waals surface area contributed by atoms with Crippen LogP contribution in [0.3, 0.4) is 0 Å². The number of carbonyl (C=O) groups excluding carboxylic acids is 1. The van der Waals surface area contributed by atoms with E-state index in [1.165, 1.54) is 11.3 Å². The van der Waals surface area contributed by atoms with Crippen LogP contribution < -0.4 is 10.1 Å². The first-order chi connectivity index (χ1) is 12.3. The Bertz CT molecular complexity index is 852. The van der Waals surface area contributed by atoms with Crippen molar-refractivity contribution in [2.24, 2.45) is 0 Å². The number of nitrogens with one attached hydrogen (secondary N) is 1. The van der Waals surface area contributed by atoms with E-state index in [2.05, 4.69) is 10.3 Å². The molecule has 0 fully saturated rings. The number of para-hydroxylation sites is 1. The van der Waals surface area contributed by atoms with Gasteiger partial charge in [-0.3, -0.25) is 10.1 Å². The Morgan fingerprint density at radius 1 is 1.08 bits per heavy atom. The quantitative estimate of drug-likeness (QED) is 0.762. The van der Waals surface area contributed by atoms with E-state index >= 15 is 0 Å². The number of rotatable bonds is 4. The maximum Gasteiger partial charge on any atom is 0.257 e. The van der Waals surface area contributed by atoms with Gasteiger partial charge in [0, 0.05) is 12.0 Å². The van der Waals surface area contributed by atoms with Gasteiger partial charge in [-0.2, -0.15) is 0 Å². The number of ether oxygens (including phenoxy) is 2. The summed E-state index contributed by atoms with van der Waals surface area (Å²) in [4.78, 5) is 17.9. The summed E-state index contributed by atoms with van der Waals surface area (Å²) in [7, 11) is 0. The summed E-state index contributed by atoms with van der Waals surface area (Å²) >= 11 is 1.47. The van der Waals surface area contributed by atoms with E-state index in [1.807, 2.05) is 30.3 Å². The molecule has 0 spiro atoms. The zero-order valence-corrected chi connectivity index (χ0v) is 14.2. The zero-order chi connectivity index (χ0) is 17.1. The Balaban J connectivity index is 1.42. The largest absolute Gasteiger partial charge is 0.457 e. The molecule has 6 heteroatoms. The van der Waals surface area contributed by atoms with E-state index in [4.69, 9.17) is 9.47 Å². The minimum Gasteiger partial charge on any atom is -0.457 e. The van der Waals surface area contributed by atoms with Crippen molar-refractivity contribution in [1.82, 2.24) is 4.98 Å². The van der Waals surface area contributed by atoms with Gasteiger partial charge in [-0.15, -0.1) is 0 Å². The summed E-state index contributed by atoms with van der Waals surface area (Å²) in [6.07, 6.45) is 0.799. The highest BCUT2D eigenvalue weighted by Gasteiger charge is 2.17. The van der Waals surface area contributed by atoms with Crippen LogP contribution in [0, 0.1) is 0 Å². The molecule has 0 aliphatic carbocycles. The second-order valence-electron chi connectivity index (χ2n) is 5.59. The molecule has 3 aromatic rings. The van der Waals surface area contributed by atoms with E-state index < -0.39 is 0 Å². The molecule has 4 rings (SSSR count). The van der Waals surface area contributed by atoms with Crippen LogP contribution in [0.4, 0.5) is 5.13 Å². The average Bonchev–Trinajstić information content (AvgIpc) is 3.05. The van der Waals surface area contributed by atoms with Crippen molar-refractivity contribution >= 4 is 22.4 Å². The molecule has 2 aromatic carbocycles. The number of hydrogen-bond donors (Lipinski definition) is 1. The van der Waals surface area contributed by atoms with Crippen LogP contribution in [0.1, 0.15) is 20.9 Å². The molecule has 0 radical (unpaired) electrons. The van der Waals surface area contributed by atoms with Crippen LogP contribution in [0.5, 0.6) is 11.5 Å². The molecule has 1 aliphatic heterocycles. The van der Waals surface area contributed by atoms with Gasteiger partial charge in [0.2, 0.25) is 0 Å². The Morgan fingerprint density at radius 3 is 2.60 bits per heavy atom. The third-order valence-corrected chi connectivity index (χ3v) is 4.80. The van der Waals surface area contributed by atoms with Crippen molar-refractivity contribution < 1.29 is 14.3 Å². The maximum atomic E-state index is 12.4. The standard InChI is InChI=1S/C19H16N2O3S/c22-18(21-19-20-16-10-11-23-12-17(16)25-19)13-6-8-15(9-7-13)24-14-4-2-1-3-5-14/h1-9H,10-12H2,(H,20,21,22). The fourth-order valence-corrected chi connectivity index (χ4v) is 3.49. The monoisotopic (exact) mass is 352 g/mol. The first-order valence-corrected chi connectivity index (χ1v) is 8.80. The smallest absolute Gasteiger partial charge is 0.257 e. The molecule has 0 unspecified atom stereocenters. The normalized spacial score (nSPS) is 13.1. The number of carbonyl (C=O) groups is 1. The number of thiazole rings is 1. The molecule has 25 heavy (non-hydrogen) atoms. The molecule has 1 N–H and O–H groups in total. The molecule has 1 aliphatic rings. The Morgan fingerprint density at radius 2 is 1.84 bits per heavy atom. The minimum atomic E-state index is -0.182. The molecule has 2 heterocycles. The van der Waals surface area contributed by atoms with Gasteiger partial charge in [0.25, 0.3) is 5.91 Å². The summed E-state index contributed by atoms with van der Waals surface area (Å²) in [5.74, 6) is 1.26. The van der Waals surface area contributed by atoms with E-state index in [9.17, 15) is 4.79 Å². The van der Waals surface area contributed by atoms with Gasteiger partial charge < -0.3 is 9.47 Å². The van der Waals surface area contributed by atoms with E-state index in [0.29, 0.717) is 29.7 Å². The summed E-state index contributed by atoms with van der Waals surface area (Å²) in [6.45, 7) is 1.27. The first-order valence-electron chi connectivity index (χ1n) is 7.98. The summed E-state index contributed by atoms with van der Waals surface area (Å²) in [5, 5.41) is 3.47. The number of fused-ring (bicyclic) bond motifs is 1. The SMILES string of the molecule is O=C(Nc1nc2c(s1)COCC2)c1ccc(Oc2ccccc2)cc1. The predicted octanol–water partition coefficient (Wildman–Crippen LogP) is 4.26. The lowest BCUT2D eigenvalue weighted by Gasteiger charge is -2.08. The van der Waals surface area contributed by atoms with Crippen molar-refractivity contribution in [2.45, 2.75) is 13.0 Å². The number of nitrogens with zero attached hydrogens (tertiary/aromatic N) is 1. The van der Waals surface area contributed by atoms with Gasteiger partial charge in [0.1, 0.15) is 11.5 Å². The first kappa shape index (κ1) is 15.8. The van der Waals surface area contributed by atoms with E-state index in [1.54, 1.807) is 24.3 Å². The molecular formula is C19H16N2O3S. The number of anilines is 1. The van der Waals surface area contributed by atoms with Gasteiger partial charge in [-0.1, -0.05) is 29.5 Å². The van der Waals surface area contributed by atoms with Gasteiger partial charge in [-0.05, 0) is 36.4 Å². The molecule has 1 aromatic heterocycles. The topological polar surface area (TPSA) is 60.5 Å². The fraction of sp³-hybridized carbons (Fsp3) is 0.158. The summed E-state index contributed by atoms with van der Waals surface area (Å²) in [5.41, 5.74) is 1.59. The molecule has 1 amide bonds. The molecule has 0 saturated heterocycles. The minimum absolute atomic E-state index is 0.182. The second kappa shape index (κ2) is 7.04.